The highest BCUT2D eigenvalue weighted by molar-refractivity contribution is 5.77. The van der Waals surface area contributed by atoms with Crippen LogP contribution in [-0.4, -0.2) is 34.1 Å². The van der Waals surface area contributed by atoms with Crippen molar-refractivity contribution in [3.63, 3.8) is 0 Å². The number of rotatable bonds is 2. The minimum atomic E-state index is -0.331. The largest absolute Gasteiger partial charge is 0.391 e. The first-order valence-corrected chi connectivity index (χ1v) is 6.47. The van der Waals surface area contributed by atoms with Crippen LogP contribution in [0.4, 0.5) is 0 Å². The smallest absolute Gasteiger partial charge is 0.223 e. The molecule has 0 aromatic rings. The Morgan fingerprint density at radius 2 is 2.00 bits per heavy atom. The first-order valence-electron chi connectivity index (χ1n) is 6.47. The molecule has 0 bridgehead atoms. The lowest BCUT2D eigenvalue weighted by molar-refractivity contribution is -0.135. The van der Waals surface area contributed by atoms with E-state index in [4.69, 9.17) is 0 Å². The molecule has 3 heteroatoms. The molecule has 0 aromatic heterocycles. The summed E-state index contributed by atoms with van der Waals surface area (Å²) in [5.41, 5.74) is -0.158. The molecule has 0 radical (unpaired) electrons. The fourth-order valence-corrected chi connectivity index (χ4v) is 3.22. The maximum atomic E-state index is 12.2. The van der Waals surface area contributed by atoms with Crippen molar-refractivity contribution < 1.29 is 9.90 Å². The Hall–Kier alpha value is -0.570. The van der Waals surface area contributed by atoms with Crippen molar-refractivity contribution >= 4 is 5.91 Å². The summed E-state index contributed by atoms with van der Waals surface area (Å²) in [6.07, 6.45) is 6.06. The van der Waals surface area contributed by atoms with E-state index < -0.39 is 0 Å². The van der Waals surface area contributed by atoms with Gasteiger partial charge in [-0.15, -0.1) is 0 Å². The molecule has 1 N–H and O–H groups in total. The highest BCUT2D eigenvalue weighted by Crippen LogP contribution is 2.33. The molecule has 1 saturated heterocycles. The van der Waals surface area contributed by atoms with Crippen molar-refractivity contribution in [1.29, 1.82) is 0 Å². The third-order valence-corrected chi connectivity index (χ3v) is 4.10. The van der Waals surface area contributed by atoms with Gasteiger partial charge in [-0.05, 0) is 39.0 Å². The van der Waals surface area contributed by atoms with E-state index in [0.717, 1.165) is 0 Å². The lowest BCUT2D eigenvalue weighted by Gasteiger charge is -2.32. The zero-order chi connectivity index (χ0) is 11.8. The zero-order valence-electron chi connectivity index (χ0n) is 10.4. The Balaban J connectivity index is 1.93. The number of β-amino-alcohol motifs (C(OH)–C–C–N with tert-alkyl or cyclic N) is 1. The normalized spacial score (nSPS) is 29.9. The van der Waals surface area contributed by atoms with Gasteiger partial charge in [0.25, 0.3) is 0 Å². The number of carbonyl (C=O) groups is 1. The fraction of sp³-hybridized carbons (Fsp3) is 0.923. The Bertz CT molecular complexity index is 269. The summed E-state index contributed by atoms with van der Waals surface area (Å²) in [4.78, 5) is 14.1. The van der Waals surface area contributed by atoms with Crippen LogP contribution in [0.3, 0.4) is 0 Å². The van der Waals surface area contributed by atoms with Crippen LogP contribution >= 0.6 is 0 Å². The molecule has 2 fully saturated rings. The van der Waals surface area contributed by atoms with Crippen LogP contribution in [0.15, 0.2) is 0 Å². The van der Waals surface area contributed by atoms with Crippen LogP contribution in [0.25, 0.3) is 0 Å². The van der Waals surface area contributed by atoms with Gasteiger partial charge in [0.05, 0.1) is 6.10 Å². The van der Waals surface area contributed by atoms with Crippen molar-refractivity contribution in [1.82, 2.24) is 4.90 Å². The number of hydrogen-bond donors (Lipinski definition) is 1. The minimum absolute atomic E-state index is 0.158. The lowest BCUT2D eigenvalue weighted by Crippen LogP contribution is -2.43. The molecule has 1 aliphatic heterocycles. The van der Waals surface area contributed by atoms with Gasteiger partial charge in [-0.3, -0.25) is 4.79 Å². The van der Waals surface area contributed by atoms with Crippen LogP contribution in [0.5, 0.6) is 0 Å². The van der Waals surface area contributed by atoms with Gasteiger partial charge < -0.3 is 10.0 Å². The van der Waals surface area contributed by atoms with Crippen LogP contribution < -0.4 is 0 Å². The second-order valence-corrected chi connectivity index (χ2v) is 6.03. The number of hydrogen-bond acceptors (Lipinski definition) is 2. The standard InChI is InChI=1S/C13H23NO2/c1-13(2)8-11(15)9-14(13)12(16)7-10-5-3-4-6-10/h10-11,15H,3-9H2,1-2H3. The van der Waals surface area contributed by atoms with Gasteiger partial charge in [0, 0.05) is 18.5 Å². The van der Waals surface area contributed by atoms with Crippen molar-refractivity contribution in [3.8, 4) is 0 Å². The molecule has 1 saturated carbocycles. The molecule has 1 atom stereocenters. The first-order chi connectivity index (χ1) is 7.49. The van der Waals surface area contributed by atoms with E-state index in [9.17, 15) is 9.90 Å². The van der Waals surface area contributed by atoms with Gasteiger partial charge in [0.15, 0.2) is 0 Å². The summed E-state index contributed by atoms with van der Waals surface area (Å²) in [7, 11) is 0. The molecule has 2 rings (SSSR count). The molecule has 16 heavy (non-hydrogen) atoms. The van der Waals surface area contributed by atoms with Gasteiger partial charge in [-0.25, -0.2) is 0 Å². The Morgan fingerprint density at radius 3 is 2.50 bits per heavy atom. The summed E-state index contributed by atoms with van der Waals surface area (Å²) >= 11 is 0. The summed E-state index contributed by atoms with van der Waals surface area (Å²) in [5.74, 6) is 0.842. The van der Waals surface area contributed by atoms with E-state index in [-0.39, 0.29) is 17.6 Å². The van der Waals surface area contributed by atoms with Crippen LogP contribution in [0, 0.1) is 5.92 Å². The highest BCUT2D eigenvalue weighted by atomic mass is 16.3. The molecule has 1 unspecified atom stereocenters. The maximum Gasteiger partial charge on any atom is 0.223 e. The first kappa shape index (κ1) is 11.9. The number of carbonyl (C=O) groups excluding carboxylic acids is 1. The van der Waals surface area contributed by atoms with Gasteiger partial charge >= 0.3 is 0 Å². The van der Waals surface area contributed by atoms with Crippen molar-refractivity contribution in [2.45, 2.75) is 64.0 Å². The topological polar surface area (TPSA) is 40.5 Å². The highest BCUT2D eigenvalue weighted by Gasteiger charge is 2.40. The van der Waals surface area contributed by atoms with Gasteiger partial charge in [-0.1, -0.05) is 12.8 Å². The molecule has 3 nitrogen and oxygen atoms in total. The second kappa shape index (κ2) is 4.36. The zero-order valence-corrected chi connectivity index (χ0v) is 10.4. The maximum absolute atomic E-state index is 12.2. The average molecular weight is 225 g/mol. The summed E-state index contributed by atoms with van der Waals surface area (Å²) in [5, 5.41) is 9.65. The van der Waals surface area contributed by atoms with E-state index in [1.54, 1.807) is 0 Å². The van der Waals surface area contributed by atoms with Crippen LogP contribution in [0.1, 0.15) is 52.4 Å². The molecule has 92 valence electrons. The number of nitrogens with zero attached hydrogens (tertiary/aromatic N) is 1. The summed E-state index contributed by atoms with van der Waals surface area (Å²) in [6.45, 7) is 4.63. The fourth-order valence-electron chi connectivity index (χ4n) is 3.22. The molecule has 0 aromatic carbocycles. The number of aliphatic hydroxyl groups excluding tert-OH is 1. The lowest BCUT2D eigenvalue weighted by atomic mass is 9.99. The van der Waals surface area contributed by atoms with Crippen molar-refractivity contribution in [2.24, 2.45) is 5.92 Å². The van der Waals surface area contributed by atoms with Gasteiger partial charge in [0.1, 0.15) is 0 Å². The summed E-state index contributed by atoms with van der Waals surface area (Å²) < 4.78 is 0. The van der Waals surface area contributed by atoms with E-state index in [1.807, 2.05) is 4.90 Å². The Labute approximate surface area is 97.8 Å². The Kier molecular flexibility index (Phi) is 3.24. The van der Waals surface area contributed by atoms with E-state index >= 15 is 0 Å². The molecular weight excluding hydrogens is 202 g/mol. The molecule has 0 spiro atoms. The monoisotopic (exact) mass is 225 g/mol. The third-order valence-electron chi connectivity index (χ3n) is 4.10. The molecule has 1 heterocycles. The molecule has 2 aliphatic rings. The number of likely N-dealkylation sites (tertiary alicyclic amines) is 1. The van der Waals surface area contributed by atoms with E-state index in [2.05, 4.69) is 13.8 Å². The molecular formula is C13H23NO2. The van der Waals surface area contributed by atoms with Crippen LogP contribution in [0.2, 0.25) is 0 Å². The number of amides is 1. The third kappa shape index (κ3) is 2.40. The van der Waals surface area contributed by atoms with E-state index in [1.165, 1.54) is 25.7 Å². The van der Waals surface area contributed by atoms with Crippen molar-refractivity contribution in [2.75, 3.05) is 6.54 Å². The SMILES string of the molecule is CC1(C)CC(O)CN1C(=O)CC1CCCC1. The molecule has 1 amide bonds. The summed E-state index contributed by atoms with van der Waals surface area (Å²) in [6, 6.07) is 0. The number of aliphatic hydroxyl groups is 1. The van der Waals surface area contributed by atoms with Crippen molar-refractivity contribution in [3.05, 3.63) is 0 Å². The van der Waals surface area contributed by atoms with Gasteiger partial charge in [0.2, 0.25) is 5.91 Å². The van der Waals surface area contributed by atoms with Gasteiger partial charge in [-0.2, -0.15) is 0 Å². The Morgan fingerprint density at radius 1 is 1.38 bits per heavy atom. The predicted octanol–water partition coefficient (Wildman–Crippen LogP) is 1.94. The molecule has 1 aliphatic carbocycles. The van der Waals surface area contributed by atoms with E-state index in [0.29, 0.717) is 25.3 Å². The predicted molar refractivity (Wildman–Crippen MR) is 63.0 cm³/mol. The quantitative estimate of drug-likeness (QED) is 0.780. The second-order valence-electron chi connectivity index (χ2n) is 6.03. The minimum Gasteiger partial charge on any atom is -0.391 e. The van der Waals surface area contributed by atoms with Crippen LogP contribution in [-0.2, 0) is 4.79 Å². The average Bonchev–Trinajstić information content (AvgIpc) is 2.73.